The van der Waals surface area contributed by atoms with Gasteiger partial charge in [0.2, 0.25) is 0 Å². The van der Waals surface area contributed by atoms with E-state index in [2.05, 4.69) is 17.2 Å². The van der Waals surface area contributed by atoms with Crippen molar-refractivity contribution in [3.05, 3.63) is 35.6 Å². The Bertz CT molecular complexity index is 563. The van der Waals surface area contributed by atoms with E-state index in [-0.39, 0.29) is 11.7 Å². The minimum Gasteiger partial charge on any atom is -0.331 e. The van der Waals surface area contributed by atoms with Crippen molar-refractivity contribution < 1.29 is 9.18 Å². The highest BCUT2D eigenvalue weighted by Gasteiger charge is 2.31. The van der Waals surface area contributed by atoms with E-state index in [9.17, 15) is 9.18 Å². The lowest BCUT2D eigenvalue weighted by molar-refractivity contribution is -0.128. The second-order valence-electron chi connectivity index (χ2n) is 5.60. The van der Waals surface area contributed by atoms with Crippen molar-refractivity contribution >= 4 is 5.91 Å². The SMILES string of the molecule is O=C(C#Cc1cccc(F)c1)N1C[C@@H]2CNC[C@@H](C2)C1. The summed E-state index contributed by atoms with van der Waals surface area (Å²) in [5.41, 5.74) is 0.539. The summed E-state index contributed by atoms with van der Waals surface area (Å²) in [7, 11) is 0. The first-order valence-electron chi connectivity index (χ1n) is 6.98. The maximum absolute atomic E-state index is 13.0. The van der Waals surface area contributed by atoms with Gasteiger partial charge in [0.15, 0.2) is 0 Å². The van der Waals surface area contributed by atoms with E-state index >= 15 is 0 Å². The van der Waals surface area contributed by atoms with Crippen LogP contribution in [0, 0.1) is 29.5 Å². The number of hydrogen-bond donors (Lipinski definition) is 1. The molecule has 0 spiro atoms. The van der Waals surface area contributed by atoms with Crippen molar-refractivity contribution in [3.63, 3.8) is 0 Å². The van der Waals surface area contributed by atoms with Crippen LogP contribution in [0.2, 0.25) is 0 Å². The van der Waals surface area contributed by atoms with E-state index in [1.807, 2.05) is 4.90 Å². The maximum Gasteiger partial charge on any atom is 0.298 e. The third-order valence-electron chi connectivity index (χ3n) is 3.92. The van der Waals surface area contributed by atoms with Crippen LogP contribution < -0.4 is 5.32 Å². The number of rotatable bonds is 0. The van der Waals surface area contributed by atoms with Gasteiger partial charge in [0.05, 0.1) is 0 Å². The molecule has 0 aliphatic carbocycles. The highest BCUT2D eigenvalue weighted by Crippen LogP contribution is 2.24. The van der Waals surface area contributed by atoms with Gasteiger partial charge in [-0.2, -0.15) is 0 Å². The Kier molecular flexibility index (Phi) is 3.70. The summed E-state index contributed by atoms with van der Waals surface area (Å²) in [5, 5.41) is 3.39. The van der Waals surface area contributed by atoms with Crippen LogP contribution in [0.5, 0.6) is 0 Å². The van der Waals surface area contributed by atoms with E-state index in [1.54, 1.807) is 12.1 Å². The molecule has 2 heterocycles. The van der Waals surface area contributed by atoms with Gasteiger partial charge in [-0.15, -0.1) is 0 Å². The zero-order chi connectivity index (χ0) is 13.9. The van der Waals surface area contributed by atoms with Gasteiger partial charge in [-0.25, -0.2) is 4.39 Å². The maximum atomic E-state index is 13.0. The summed E-state index contributed by atoms with van der Waals surface area (Å²) in [6.07, 6.45) is 1.20. The van der Waals surface area contributed by atoms with E-state index < -0.39 is 0 Å². The van der Waals surface area contributed by atoms with Gasteiger partial charge in [0.1, 0.15) is 5.82 Å². The number of amides is 1. The van der Waals surface area contributed by atoms with Gasteiger partial charge in [0.25, 0.3) is 5.91 Å². The molecule has 0 saturated carbocycles. The number of fused-ring (bicyclic) bond motifs is 2. The van der Waals surface area contributed by atoms with Gasteiger partial charge >= 0.3 is 0 Å². The quantitative estimate of drug-likeness (QED) is 0.721. The number of likely N-dealkylation sites (tertiary alicyclic amines) is 1. The smallest absolute Gasteiger partial charge is 0.298 e. The second-order valence-corrected chi connectivity index (χ2v) is 5.60. The van der Waals surface area contributed by atoms with Crippen LogP contribution in [-0.4, -0.2) is 37.0 Å². The zero-order valence-electron chi connectivity index (χ0n) is 11.2. The number of carbonyl (C=O) groups excluding carboxylic acids is 1. The first-order valence-corrected chi connectivity index (χ1v) is 6.98. The lowest BCUT2D eigenvalue weighted by atomic mass is 9.86. The Hall–Kier alpha value is -1.86. The van der Waals surface area contributed by atoms with Crippen molar-refractivity contribution in [3.8, 4) is 11.8 Å². The Morgan fingerprint density at radius 2 is 2.05 bits per heavy atom. The summed E-state index contributed by atoms with van der Waals surface area (Å²) in [4.78, 5) is 14.0. The van der Waals surface area contributed by atoms with Crippen molar-refractivity contribution in [1.82, 2.24) is 10.2 Å². The molecule has 2 bridgehead atoms. The van der Waals surface area contributed by atoms with Crippen molar-refractivity contribution in [2.75, 3.05) is 26.2 Å². The average Bonchev–Trinajstić information content (AvgIpc) is 2.44. The van der Waals surface area contributed by atoms with Gasteiger partial charge in [0, 0.05) is 24.6 Å². The number of nitrogens with zero attached hydrogens (tertiary/aromatic N) is 1. The van der Waals surface area contributed by atoms with Crippen molar-refractivity contribution in [2.45, 2.75) is 6.42 Å². The molecule has 1 aromatic carbocycles. The van der Waals surface area contributed by atoms with Gasteiger partial charge < -0.3 is 10.2 Å². The molecular weight excluding hydrogens is 255 g/mol. The normalized spacial score (nSPS) is 24.8. The third-order valence-corrected chi connectivity index (χ3v) is 3.92. The minimum atomic E-state index is -0.331. The Morgan fingerprint density at radius 3 is 2.75 bits per heavy atom. The predicted octanol–water partition coefficient (Wildman–Crippen LogP) is 1.25. The van der Waals surface area contributed by atoms with Crippen molar-refractivity contribution in [1.29, 1.82) is 0 Å². The summed E-state index contributed by atoms with van der Waals surface area (Å²) in [6.45, 7) is 3.52. The highest BCUT2D eigenvalue weighted by atomic mass is 19.1. The molecule has 4 heteroatoms. The molecule has 3 rings (SSSR count). The van der Waals surface area contributed by atoms with Crippen molar-refractivity contribution in [2.24, 2.45) is 11.8 Å². The van der Waals surface area contributed by atoms with Gasteiger partial charge in [-0.1, -0.05) is 12.0 Å². The number of benzene rings is 1. The first kappa shape index (κ1) is 13.1. The molecule has 2 fully saturated rings. The zero-order valence-corrected chi connectivity index (χ0v) is 11.2. The van der Waals surface area contributed by atoms with Crippen LogP contribution in [-0.2, 0) is 4.79 Å². The molecule has 20 heavy (non-hydrogen) atoms. The topological polar surface area (TPSA) is 32.3 Å². The number of carbonyl (C=O) groups is 1. The molecule has 2 aliphatic rings. The van der Waals surface area contributed by atoms with Crippen LogP contribution >= 0.6 is 0 Å². The Morgan fingerprint density at radius 1 is 1.30 bits per heavy atom. The van der Waals surface area contributed by atoms with E-state index in [0.717, 1.165) is 26.2 Å². The standard InChI is InChI=1S/C16H17FN2O/c17-15-3-1-2-12(7-15)4-5-16(20)19-10-13-6-14(11-19)9-18-8-13/h1-3,7,13-14,18H,6,8-11H2/t13-,14+. The van der Waals surface area contributed by atoms with Crippen LogP contribution in [0.25, 0.3) is 0 Å². The first-order chi connectivity index (χ1) is 9.70. The molecular formula is C16H17FN2O. The number of halogens is 1. The van der Waals surface area contributed by atoms with E-state index in [1.165, 1.54) is 18.6 Å². The summed E-state index contributed by atoms with van der Waals surface area (Å²) in [5.74, 6) is 6.00. The third kappa shape index (κ3) is 3.00. The Labute approximate surface area is 118 Å². The molecule has 3 nitrogen and oxygen atoms in total. The number of hydrogen-bond acceptors (Lipinski definition) is 2. The Balaban J connectivity index is 1.68. The molecule has 2 aliphatic heterocycles. The van der Waals surface area contributed by atoms with Gasteiger partial charge in [-0.05, 0) is 49.5 Å². The molecule has 2 atom stereocenters. The van der Waals surface area contributed by atoms with Gasteiger partial charge in [-0.3, -0.25) is 4.79 Å². The largest absolute Gasteiger partial charge is 0.331 e. The molecule has 1 N–H and O–H groups in total. The highest BCUT2D eigenvalue weighted by molar-refractivity contribution is 5.94. The molecule has 1 aromatic rings. The fraction of sp³-hybridized carbons (Fsp3) is 0.438. The fourth-order valence-electron chi connectivity index (χ4n) is 3.04. The molecule has 0 radical (unpaired) electrons. The summed E-state index contributed by atoms with van der Waals surface area (Å²) >= 11 is 0. The lowest BCUT2D eigenvalue weighted by Crippen LogP contribution is -2.52. The number of piperidine rings is 2. The molecule has 0 unspecified atom stereocenters. The summed E-state index contributed by atoms with van der Waals surface area (Å²) < 4.78 is 13.0. The minimum absolute atomic E-state index is 0.147. The van der Waals surface area contributed by atoms with Crippen LogP contribution in [0.15, 0.2) is 24.3 Å². The van der Waals surface area contributed by atoms with Crippen LogP contribution in [0.1, 0.15) is 12.0 Å². The van der Waals surface area contributed by atoms with Crippen LogP contribution in [0.3, 0.4) is 0 Å². The molecule has 0 aromatic heterocycles. The molecule has 1 amide bonds. The monoisotopic (exact) mass is 272 g/mol. The number of nitrogens with one attached hydrogen (secondary N) is 1. The predicted molar refractivity (Wildman–Crippen MR) is 74.3 cm³/mol. The van der Waals surface area contributed by atoms with E-state index in [4.69, 9.17) is 0 Å². The molecule has 2 saturated heterocycles. The van der Waals surface area contributed by atoms with Crippen LogP contribution in [0.4, 0.5) is 4.39 Å². The lowest BCUT2D eigenvalue weighted by Gasteiger charge is -2.40. The molecule has 104 valence electrons. The fourth-order valence-corrected chi connectivity index (χ4v) is 3.04. The summed E-state index contributed by atoms with van der Waals surface area (Å²) in [6, 6.07) is 6.01. The average molecular weight is 272 g/mol. The second kappa shape index (κ2) is 5.64. The van der Waals surface area contributed by atoms with E-state index in [0.29, 0.717) is 17.4 Å².